The highest BCUT2D eigenvalue weighted by molar-refractivity contribution is 5.98. The first-order valence-corrected chi connectivity index (χ1v) is 9.03. The van der Waals surface area contributed by atoms with Crippen LogP contribution in [-0.2, 0) is 4.79 Å². The van der Waals surface area contributed by atoms with Crippen LogP contribution in [0, 0.1) is 0 Å². The van der Waals surface area contributed by atoms with Gasteiger partial charge in [-0.05, 0) is 31.9 Å². The number of nitrogens with one attached hydrogen (secondary N) is 2. The van der Waals surface area contributed by atoms with Crippen LogP contribution in [0.1, 0.15) is 30.3 Å². The molecule has 2 amide bonds. The molecule has 6 nitrogen and oxygen atoms in total. The first-order chi connectivity index (χ1) is 12.1. The van der Waals surface area contributed by atoms with Crippen LogP contribution < -0.4 is 5.32 Å². The Labute approximate surface area is 147 Å². The minimum absolute atomic E-state index is 0.0333. The molecule has 132 valence electrons. The standard InChI is InChI=1S/C19H24N4O2/c1-13(18(24)20-15-6-7-15)22-8-10-23(11-9-22)19(25)17-12-14-4-2-3-5-16(14)21-17/h2-5,12-13,15,21H,6-11H2,1H3,(H,20,24). The highest BCUT2D eigenvalue weighted by Gasteiger charge is 2.31. The molecule has 0 spiro atoms. The molecule has 2 aromatic rings. The Balaban J connectivity index is 1.36. The quantitative estimate of drug-likeness (QED) is 0.888. The van der Waals surface area contributed by atoms with E-state index in [1.807, 2.05) is 42.2 Å². The van der Waals surface area contributed by atoms with Crippen LogP contribution >= 0.6 is 0 Å². The molecule has 4 rings (SSSR count). The lowest BCUT2D eigenvalue weighted by Crippen LogP contribution is -2.55. The minimum atomic E-state index is -0.133. The van der Waals surface area contributed by atoms with Crippen LogP contribution in [0.2, 0.25) is 0 Å². The van der Waals surface area contributed by atoms with E-state index < -0.39 is 0 Å². The molecule has 1 aliphatic heterocycles. The lowest BCUT2D eigenvalue weighted by atomic mass is 10.2. The smallest absolute Gasteiger partial charge is 0.270 e. The van der Waals surface area contributed by atoms with Crippen LogP contribution in [0.25, 0.3) is 10.9 Å². The van der Waals surface area contributed by atoms with Crippen LogP contribution in [0.5, 0.6) is 0 Å². The fraction of sp³-hybridized carbons (Fsp3) is 0.474. The maximum Gasteiger partial charge on any atom is 0.270 e. The Morgan fingerprint density at radius 3 is 2.56 bits per heavy atom. The van der Waals surface area contributed by atoms with Gasteiger partial charge in [0, 0.05) is 43.1 Å². The van der Waals surface area contributed by atoms with Crippen molar-refractivity contribution < 1.29 is 9.59 Å². The number of para-hydroxylation sites is 1. The second-order valence-electron chi connectivity index (χ2n) is 7.06. The van der Waals surface area contributed by atoms with Gasteiger partial charge in [-0.15, -0.1) is 0 Å². The van der Waals surface area contributed by atoms with Crippen LogP contribution in [0.3, 0.4) is 0 Å². The number of H-pyrrole nitrogens is 1. The predicted molar refractivity (Wildman–Crippen MR) is 96.4 cm³/mol. The van der Waals surface area contributed by atoms with E-state index in [1.165, 1.54) is 0 Å². The lowest BCUT2D eigenvalue weighted by Gasteiger charge is -2.37. The molecule has 6 heteroatoms. The summed E-state index contributed by atoms with van der Waals surface area (Å²) in [5, 5.41) is 4.11. The van der Waals surface area contributed by atoms with Crippen molar-refractivity contribution in [1.29, 1.82) is 0 Å². The van der Waals surface area contributed by atoms with Gasteiger partial charge < -0.3 is 15.2 Å². The summed E-state index contributed by atoms with van der Waals surface area (Å²) in [5.41, 5.74) is 1.61. The summed E-state index contributed by atoms with van der Waals surface area (Å²) in [6.07, 6.45) is 2.20. The molecule has 25 heavy (non-hydrogen) atoms. The second-order valence-corrected chi connectivity index (χ2v) is 7.06. The van der Waals surface area contributed by atoms with Crippen molar-refractivity contribution in [2.45, 2.75) is 31.8 Å². The number of hydrogen-bond donors (Lipinski definition) is 2. The number of carbonyl (C=O) groups excluding carboxylic acids is 2. The summed E-state index contributed by atoms with van der Waals surface area (Å²) in [7, 11) is 0. The molecule has 0 bridgehead atoms. The van der Waals surface area contributed by atoms with Crippen molar-refractivity contribution in [3.05, 3.63) is 36.0 Å². The first kappa shape index (κ1) is 16.1. The number of aromatic nitrogens is 1. The van der Waals surface area contributed by atoms with E-state index in [0.29, 0.717) is 24.8 Å². The first-order valence-electron chi connectivity index (χ1n) is 9.03. The number of carbonyl (C=O) groups is 2. The normalized spacial score (nSPS) is 19.8. The summed E-state index contributed by atoms with van der Waals surface area (Å²) < 4.78 is 0. The Hall–Kier alpha value is -2.34. The number of fused-ring (bicyclic) bond motifs is 1. The molecule has 2 N–H and O–H groups in total. The third-order valence-electron chi connectivity index (χ3n) is 5.21. The summed E-state index contributed by atoms with van der Waals surface area (Å²) >= 11 is 0. The minimum Gasteiger partial charge on any atom is -0.352 e. The van der Waals surface area contributed by atoms with E-state index in [0.717, 1.165) is 36.8 Å². The Morgan fingerprint density at radius 1 is 1.16 bits per heavy atom. The Bertz CT molecular complexity index is 755. The molecular weight excluding hydrogens is 316 g/mol. The van der Waals surface area contributed by atoms with E-state index in [4.69, 9.17) is 0 Å². The largest absolute Gasteiger partial charge is 0.352 e. The molecule has 2 aliphatic rings. The summed E-state index contributed by atoms with van der Waals surface area (Å²) in [4.78, 5) is 32.2. The number of rotatable bonds is 4. The highest BCUT2D eigenvalue weighted by atomic mass is 16.2. The van der Waals surface area contributed by atoms with Crippen LogP contribution in [-0.4, -0.2) is 64.9 Å². The van der Waals surface area contributed by atoms with Gasteiger partial charge in [0.25, 0.3) is 5.91 Å². The van der Waals surface area contributed by atoms with E-state index >= 15 is 0 Å². The van der Waals surface area contributed by atoms with Gasteiger partial charge in [0.15, 0.2) is 0 Å². The second kappa shape index (κ2) is 6.52. The third kappa shape index (κ3) is 3.39. The Morgan fingerprint density at radius 2 is 1.88 bits per heavy atom. The van der Waals surface area contributed by atoms with Crippen molar-refractivity contribution in [2.24, 2.45) is 0 Å². The van der Waals surface area contributed by atoms with Gasteiger partial charge in [0.05, 0.1) is 6.04 Å². The fourth-order valence-corrected chi connectivity index (χ4v) is 3.39. The molecule has 1 unspecified atom stereocenters. The molecule has 0 radical (unpaired) electrons. The molecule has 1 atom stereocenters. The molecule has 1 aromatic carbocycles. The number of hydrogen-bond acceptors (Lipinski definition) is 3. The molecule has 1 aromatic heterocycles. The highest BCUT2D eigenvalue weighted by Crippen LogP contribution is 2.20. The number of aromatic amines is 1. The molecule has 1 saturated carbocycles. The van der Waals surface area contributed by atoms with Crippen molar-refractivity contribution in [3.63, 3.8) is 0 Å². The van der Waals surface area contributed by atoms with Gasteiger partial charge in [0.2, 0.25) is 5.91 Å². The molecule has 2 fully saturated rings. The van der Waals surface area contributed by atoms with Gasteiger partial charge >= 0.3 is 0 Å². The zero-order chi connectivity index (χ0) is 17.4. The molecule has 1 saturated heterocycles. The molecule has 2 heterocycles. The SMILES string of the molecule is CC(C(=O)NC1CC1)N1CCN(C(=O)c2cc3ccccc3[nH]2)CC1. The zero-order valence-corrected chi connectivity index (χ0v) is 14.5. The Kier molecular flexibility index (Phi) is 4.21. The average molecular weight is 340 g/mol. The van der Waals surface area contributed by atoms with E-state index in [9.17, 15) is 9.59 Å². The molecule has 1 aliphatic carbocycles. The van der Waals surface area contributed by atoms with Gasteiger partial charge in [-0.1, -0.05) is 18.2 Å². The number of nitrogens with zero attached hydrogens (tertiary/aromatic N) is 2. The van der Waals surface area contributed by atoms with E-state index in [2.05, 4.69) is 15.2 Å². The summed E-state index contributed by atoms with van der Waals surface area (Å²) in [6.45, 7) is 4.70. The van der Waals surface area contributed by atoms with Crippen molar-refractivity contribution in [3.8, 4) is 0 Å². The van der Waals surface area contributed by atoms with Crippen LogP contribution in [0.15, 0.2) is 30.3 Å². The molecular formula is C19H24N4O2. The monoisotopic (exact) mass is 340 g/mol. The zero-order valence-electron chi connectivity index (χ0n) is 14.5. The maximum atomic E-state index is 12.7. The van der Waals surface area contributed by atoms with Gasteiger partial charge in [0.1, 0.15) is 5.69 Å². The number of benzene rings is 1. The van der Waals surface area contributed by atoms with Crippen molar-refractivity contribution >= 4 is 22.7 Å². The summed E-state index contributed by atoms with van der Waals surface area (Å²) in [5.74, 6) is 0.142. The topological polar surface area (TPSA) is 68.4 Å². The van der Waals surface area contributed by atoms with Crippen molar-refractivity contribution in [2.75, 3.05) is 26.2 Å². The number of piperazine rings is 1. The summed E-state index contributed by atoms with van der Waals surface area (Å²) in [6, 6.07) is 10.1. The third-order valence-corrected chi connectivity index (χ3v) is 5.21. The maximum absolute atomic E-state index is 12.7. The van der Waals surface area contributed by atoms with Crippen molar-refractivity contribution in [1.82, 2.24) is 20.1 Å². The predicted octanol–water partition coefficient (Wildman–Crippen LogP) is 1.59. The van der Waals surface area contributed by atoms with Gasteiger partial charge in [-0.3, -0.25) is 14.5 Å². The number of amides is 2. The lowest BCUT2D eigenvalue weighted by molar-refractivity contribution is -0.126. The average Bonchev–Trinajstić information content (AvgIpc) is 3.35. The van der Waals surface area contributed by atoms with Crippen LogP contribution in [0.4, 0.5) is 0 Å². The van der Waals surface area contributed by atoms with Gasteiger partial charge in [-0.2, -0.15) is 0 Å². The van der Waals surface area contributed by atoms with Gasteiger partial charge in [-0.25, -0.2) is 0 Å². The fourth-order valence-electron chi connectivity index (χ4n) is 3.39. The van der Waals surface area contributed by atoms with E-state index in [-0.39, 0.29) is 17.9 Å². The van der Waals surface area contributed by atoms with E-state index in [1.54, 1.807) is 0 Å².